The highest BCUT2D eigenvalue weighted by Gasteiger charge is 2.20. The summed E-state index contributed by atoms with van der Waals surface area (Å²) in [5.41, 5.74) is -0.527. The van der Waals surface area contributed by atoms with Gasteiger partial charge < -0.3 is 9.47 Å². The first-order valence-corrected chi connectivity index (χ1v) is 8.81. The fraction of sp³-hybridized carbons (Fsp3) is 0.125. The zero-order valence-electron chi connectivity index (χ0n) is 13.5. The normalized spacial score (nSPS) is 10.7. The van der Waals surface area contributed by atoms with E-state index < -0.39 is 38.9 Å². The second-order valence-electron chi connectivity index (χ2n) is 5.05. The molecule has 0 aliphatic carbocycles. The Balaban J connectivity index is 2.37. The molecule has 0 radical (unpaired) electrons. The molecule has 0 atom stereocenters. The average Bonchev–Trinajstić information content (AvgIpc) is 2.56. The molecule has 0 heterocycles. The Labute approximate surface area is 147 Å². The number of nitrogens with zero attached hydrogens (tertiary/aromatic N) is 1. The standard InChI is InChI=1S/C16H12F2N2O5S/c1-24-15-5-9(8-19)3-4-13(15)25-14-7-11(17)10(6-12(14)18)16(21)20-26(2,22)23/h3-7H,1-2H3,(H,20,21). The van der Waals surface area contributed by atoms with Crippen LogP contribution in [0.5, 0.6) is 17.2 Å². The molecule has 0 spiro atoms. The van der Waals surface area contributed by atoms with E-state index in [0.717, 1.165) is 0 Å². The molecule has 7 nitrogen and oxygen atoms in total. The zero-order chi connectivity index (χ0) is 19.5. The number of ether oxygens (including phenoxy) is 2. The number of hydrogen-bond acceptors (Lipinski definition) is 6. The summed E-state index contributed by atoms with van der Waals surface area (Å²) in [5, 5.41) is 8.85. The van der Waals surface area contributed by atoms with Gasteiger partial charge in [0.1, 0.15) is 5.82 Å². The minimum Gasteiger partial charge on any atom is -0.493 e. The Bertz CT molecular complexity index is 1020. The minimum absolute atomic E-state index is 0.0122. The van der Waals surface area contributed by atoms with Gasteiger partial charge in [0.05, 0.1) is 30.6 Å². The van der Waals surface area contributed by atoms with Crippen LogP contribution >= 0.6 is 0 Å². The monoisotopic (exact) mass is 382 g/mol. The molecular weight excluding hydrogens is 370 g/mol. The first-order valence-electron chi connectivity index (χ1n) is 6.91. The number of hydrogen-bond donors (Lipinski definition) is 1. The summed E-state index contributed by atoms with van der Waals surface area (Å²) < 4.78 is 62.1. The summed E-state index contributed by atoms with van der Waals surface area (Å²) >= 11 is 0. The van der Waals surface area contributed by atoms with Crippen molar-refractivity contribution in [2.45, 2.75) is 0 Å². The van der Waals surface area contributed by atoms with Gasteiger partial charge >= 0.3 is 0 Å². The smallest absolute Gasteiger partial charge is 0.267 e. The number of benzene rings is 2. The SMILES string of the molecule is COc1cc(C#N)ccc1Oc1cc(F)c(C(=O)NS(C)(=O)=O)cc1F. The molecule has 1 amide bonds. The average molecular weight is 382 g/mol. The maximum Gasteiger partial charge on any atom is 0.267 e. The summed E-state index contributed by atoms with van der Waals surface area (Å²) in [6, 6.07) is 7.07. The van der Waals surface area contributed by atoms with Gasteiger partial charge in [-0.15, -0.1) is 0 Å². The number of sulfonamides is 1. The molecule has 0 saturated carbocycles. The minimum atomic E-state index is -3.94. The van der Waals surface area contributed by atoms with Crippen molar-refractivity contribution in [3.63, 3.8) is 0 Å². The lowest BCUT2D eigenvalue weighted by Gasteiger charge is -2.12. The lowest BCUT2D eigenvalue weighted by Crippen LogP contribution is -2.30. The van der Waals surface area contributed by atoms with E-state index in [1.165, 1.54) is 30.0 Å². The van der Waals surface area contributed by atoms with Crippen LogP contribution in [-0.4, -0.2) is 27.7 Å². The van der Waals surface area contributed by atoms with Crippen molar-refractivity contribution in [1.29, 1.82) is 5.26 Å². The molecule has 10 heteroatoms. The van der Waals surface area contributed by atoms with Crippen molar-refractivity contribution >= 4 is 15.9 Å². The zero-order valence-corrected chi connectivity index (χ0v) is 14.4. The molecule has 0 aliphatic heterocycles. The van der Waals surface area contributed by atoms with E-state index in [-0.39, 0.29) is 17.1 Å². The summed E-state index contributed by atoms with van der Waals surface area (Å²) in [6.07, 6.45) is 0.702. The van der Waals surface area contributed by atoms with Gasteiger partial charge in [-0.2, -0.15) is 5.26 Å². The Morgan fingerprint density at radius 3 is 2.38 bits per heavy atom. The molecule has 2 aromatic carbocycles. The van der Waals surface area contributed by atoms with Crippen LogP contribution in [0, 0.1) is 23.0 Å². The fourth-order valence-corrected chi connectivity index (χ4v) is 2.39. The highest BCUT2D eigenvalue weighted by molar-refractivity contribution is 7.89. The van der Waals surface area contributed by atoms with Crippen LogP contribution in [-0.2, 0) is 10.0 Å². The number of nitriles is 1. The van der Waals surface area contributed by atoms with Crippen LogP contribution in [0.15, 0.2) is 30.3 Å². The van der Waals surface area contributed by atoms with Gasteiger partial charge in [0, 0.05) is 12.1 Å². The van der Waals surface area contributed by atoms with Gasteiger partial charge in [-0.1, -0.05) is 0 Å². The third-order valence-electron chi connectivity index (χ3n) is 3.06. The van der Waals surface area contributed by atoms with Crippen molar-refractivity contribution in [2.75, 3.05) is 13.4 Å². The molecule has 0 aliphatic rings. The molecule has 0 bridgehead atoms. The molecule has 136 valence electrons. The van der Waals surface area contributed by atoms with Crippen molar-refractivity contribution in [3.05, 3.63) is 53.1 Å². The first kappa shape index (κ1) is 19.1. The van der Waals surface area contributed by atoms with E-state index >= 15 is 0 Å². The predicted octanol–water partition coefficient (Wildman–Crippen LogP) is 2.33. The van der Waals surface area contributed by atoms with Crippen LogP contribution in [0.2, 0.25) is 0 Å². The number of halogens is 2. The van der Waals surface area contributed by atoms with Crippen LogP contribution in [0.25, 0.3) is 0 Å². The van der Waals surface area contributed by atoms with E-state index in [1.807, 2.05) is 6.07 Å². The lowest BCUT2D eigenvalue weighted by atomic mass is 10.2. The number of rotatable bonds is 5. The summed E-state index contributed by atoms with van der Waals surface area (Å²) in [6.45, 7) is 0. The Morgan fingerprint density at radius 2 is 1.81 bits per heavy atom. The van der Waals surface area contributed by atoms with Crippen molar-refractivity contribution in [1.82, 2.24) is 4.72 Å². The number of methoxy groups -OCH3 is 1. The number of nitrogens with one attached hydrogen (secondary N) is 1. The Kier molecular flexibility index (Phi) is 5.42. The van der Waals surface area contributed by atoms with Gasteiger partial charge in [-0.3, -0.25) is 4.79 Å². The van der Waals surface area contributed by atoms with E-state index in [0.29, 0.717) is 18.4 Å². The summed E-state index contributed by atoms with van der Waals surface area (Å²) in [5.74, 6) is -4.03. The van der Waals surface area contributed by atoms with Crippen LogP contribution in [0.4, 0.5) is 8.78 Å². The topological polar surface area (TPSA) is 105 Å². The first-order chi connectivity index (χ1) is 12.1. The predicted molar refractivity (Wildman–Crippen MR) is 86.5 cm³/mol. The third kappa shape index (κ3) is 4.46. The second-order valence-corrected chi connectivity index (χ2v) is 6.79. The van der Waals surface area contributed by atoms with Crippen LogP contribution < -0.4 is 14.2 Å². The highest BCUT2D eigenvalue weighted by atomic mass is 32.2. The van der Waals surface area contributed by atoms with Crippen LogP contribution in [0.1, 0.15) is 15.9 Å². The molecular formula is C16H12F2N2O5S. The maximum atomic E-state index is 14.2. The molecule has 0 fully saturated rings. The van der Waals surface area contributed by atoms with Crippen molar-refractivity contribution in [3.8, 4) is 23.3 Å². The molecule has 0 saturated heterocycles. The quantitative estimate of drug-likeness (QED) is 0.851. The third-order valence-corrected chi connectivity index (χ3v) is 3.61. The number of amides is 1. The molecule has 26 heavy (non-hydrogen) atoms. The fourth-order valence-electron chi connectivity index (χ4n) is 1.94. The summed E-state index contributed by atoms with van der Waals surface area (Å²) in [4.78, 5) is 11.7. The second kappa shape index (κ2) is 7.37. The van der Waals surface area contributed by atoms with Crippen molar-refractivity contribution < 1.29 is 31.5 Å². The molecule has 1 N–H and O–H groups in total. The van der Waals surface area contributed by atoms with E-state index in [4.69, 9.17) is 14.7 Å². The Hall–Kier alpha value is -3.19. The van der Waals surface area contributed by atoms with E-state index in [2.05, 4.69) is 0 Å². The lowest BCUT2D eigenvalue weighted by molar-refractivity contribution is 0.0977. The summed E-state index contributed by atoms with van der Waals surface area (Å²) in [7, 11) is -2.63. The van der Waals surface area contributed by atoms with E-state index in [1.54, 1.807) is 0 Å². The van der Waals surface area contributed by atoms with Gasteiger partial charge in [-0.25, -0.2) is 21.9 Å². The van der Waals surface area contributed by atoms with Gasteiger partial charge in [0.15, 0.2) is 23.1 Å². The maximum absolute atomic E-state index is 14.2. The van der Waals surface area contributed by atoms with Gasteiger partial charge in [0.2, 0.25) is 10.0 Å². The molecule has 2 aromatic rings. The number of carbonyl (C=O) groups excluding carboxylic acids is 1. The largest absolute Gasteiger partial charge is 0.493 e. The molecule has 0 unspecified atom stereocenters. The van der Waals surface area contributed by atoms with Crippen LogP contribution in [0.3, 0.4) is 0 Å². The van der Waals surface area contributed by atoms with Gasteiger partial charge in [-0.05, 0) is 18.2 Å². The van der Waals surface area contributed by atoms with E-state index in [9.17, 15) is 22.0 Å². The number of carbonyl (C=O) groups is 1. The molecule has 0 aromatic heterocycles. The Morgan fingerprint density at radius 1 is 1.12 bits per heavy atom. The van der Waals surface area contributed by atoms with Crippen molar-refractivity contribution in [2.24, 2.45) is 0 Å². The highest BCUT2D eigenvalue weighted by Crippen LogP contribution is 2.34. The van der Waals surface area contributed by atoms with Gasteiger partial charge in [0.25, 0.3) is 5.91 Å². The molecule has 2 rings (SSSR count).